The van der Waals surface area contributed by atoms with Gasteiger partial charge < -0.3 is 14.2 Å². The van der Waals surface area contributed by atoms with Gasteiger partial charge in [0, 0.05) is 17.2 Å². The van der Waals surface area contributed by atoms with Gasteiger partial charge in [0.25, 0.3) is 0 Å². The highest BCUT2D eigenvalue weighted by atomic mass is 16.5. The molecule has 1 atom stereocenters. The summed E-state index contributed by atoms with van der Waals surface area (Å²) in [5, 5.41) is 0. The van der Waals surface area contributed by atoms with E-state index in [1.807, 2.05) is 48.5 Å². The highest BCUT2D eigenvalue weighted by Gasteiger charge is 2.26. The molecule has 0 spiro atoms. The number of rotatable bonds is 8. The molecule has 3 aromatic carbocycles. The van der Waals surface area contributed by atoms with Gasteiger partial charge in [-0.1, -0.05) is 36.4 Å². The second-order valence-electron chi connectivity index (χ2n) is 6.44. The van der Waals surface area contributed by atoms with Crippen molar-refractivity contribution in [3.05, 3.63) is 89.5 Å². The van der Waals surface area contributed by atoms with Crippen LogP contribution < -0.4 is 14.2 Å². The minimum absolute atomic E-state index is 0.0370. The molecule has 0 fully saturated rings. The molecule has 0 radical (unpaired) electrons. The Labute approximate surface area is 165 Å². The van der Waals surface area contributed by atoms with Crippen LogP contribution >= 0.6 is 0 Å². The Bertz CT molecular complexity index is 917. The molecule has 3 rings (SSSR count). The molecule has 0 aliphatic carbocycles. The van der Waals surface area contributed by atoms with Gasteiger partial charge in [-0.15, -0.1) is 0 Å². The normalized spacial score (nSPS) is 11.5. The molecule has 144 valence electrons. The first-order chi connectivity index (χ1) is 13.7. The van der Waals surface area contributed by atoms with Crippen molar-refractivity contribution in [2.75, 3.05) is 21.3 Å². The first-order valence-corrected chi connectivity index (χ1v) is 9.10. The lowest BCUT2D eigenvalue weighted by molar-refractivity contribution is 0.0957. The van der Waals surface area contributed by atoms with Crippen molar-refractivity contribution < 1.29 is 19.0 Å². The molecule has 0 aliphatic heterocycles. The zero-order chi connectivity index (χ0) is 19.9. The van der Waals surface area contributed by atoms with E-state index in [-0.39, 0.29) is 11.7 Å². The molecule has 28 heavy (non-hydrogen) atoms. The monoisotopic (exact) mass is 376 g/mol. The van der Waals surface area contributed by atoms with Crippen LogP contribution in [0.5, 0.6) is 17.2 Å². The second-order valence-corrected chi connectivity index (χ2v) is 6.44. The first kappa shape index (κ1) is 19.5. The average Bonchev–Trinajstić information content (AvgIpc) is 2.77. The quantitative estimate of drug-likeness (QED) is 0.524. The van der Waals surface area contributed by atoms with E-state index >= 15 is 0 Å². The summed E-state index contributed by atoms with van der Waals surface area (Å²) in [7, 11) is 4.82. The predicted molar refractivity (Wildman–Crippen MR) is 110 cm³/mol. The van der Waals surface area contributed by atoms with E-state index in [9.17, 15) is 4.79 Å². The maximum atomic E-state index is 13.4. The Morgan fingerprint density at radius 1 is 0.786 bits per heavy atom. The standard InChI is InChI=1S/C24H24O4/c1-26-19-11-9-18(10-12-19)24(25)22(15-17-7-5-4-6-8-17)21-14-13-20(27-2)16-23(21)28-3/h4-14,16,22H,15H2,1-3H3. The maximum Gasteiger partial charge on any atom is 0.170 e. The van der Waals surface area contributed by atoms with E-state index in [2.05, 4.69) is 0 Å². The third-order valence-electron chi connectivity index (χ3n) is 4.79. The predicted octanol–water partition coefficient (Wildman–Crippen LogP) is 4.92. The molecule has 0 saturated heterocycles. The molecule has 0 N–H and O–H groups in total. The lowest BCUT2D eigenvalue weighted by Crippen LogP contribution is -2.17. The smallest absolute Gasteiger partial charge is 0.170 e. The molecule has 4 heteroatoms. The number of methoxy groups -OCH3 is 3. The molecule has 1 unspecified atom stereocenters. The number of benzene rings is 3. The van der Waals surface area contributed by atoms with Crippen LogP contribution in [0.2, 0.25) is 0 Å². The fraction of sp³-hybridized carbons (Fsp3) is 0.208. The topological polar surface area (TPSA) is 44.8 Å². The van der Waals surface area contributed by atoms with Crippen LogP contribution in [0.4, 0.5) is 0 Å². The highest BCUT2D eigenvalue weighted by Crippen LogP contribution is 2.35. The fourth-order valence-corrected chi connectivity index (χ4v) is 3.26. The number of hydrogen-bond donors (Lipinski definition) is 0. The van der Waals surface area contributed by atoms with E-state index in [1.54, 1.807) is 45.6 Å². The van der Waals surface area contributed by atoms with Crippen molar-refractivity contribution in [2.24, 2.45) is 0 Å². The van der Waals surface area contributed by atoms with Crippen LogP contribution in [-0.4, -0.2) is 27.1 Å². The number of Topliss-reactive ketones (excluding diaryl/α,β-unsaturated/α-hetero) is 1. The summed E-state index contributed by atoms with van der Waals surface area (Å²) in [5.74, 6) is 1.71. The zero-order valence-electron chi connectivity index (χ0n) is 16.3. The highest BCUT2D eigenvalue weighted by molar-refractivity contribution is 6.01. The van der Waals surface area contributed by atoms with Crippen LogP contribution in [0.25, 0.3) is 0 Å². The van der Waals surface area contributed by atoms with E-state index in [0.717, 1.165) is 16.9 Å². The van der Waals surface area contributed by atoms with E-state index in [4.69, 9.17) is 14.2 Å². The zero-order valence-corrected chi connectivity index (χ0v) is 16.3. The summed E-state index contributed by atoms with van der Waals surface area (Å²) in [5.41, 5.74) is 2.57. The van der Waals surface area contributed by atoms with Gasteiger partial charge in [-0.25, -0.2) is 0 Å². The van der Waals surface area contributed by atoms with E-state index in [0.29, 0.717) is 23.5 Å². The third kappa shape index (κ3) is 4.34. The van der Waals surface area contributed by atoms with Crippen LogP contribution in [0, 0.1) is 0 Å². The molecular weight excluding hydrogens is 352 g/mol. The van der Waals surface area contributed by atoms with Crippen LogP contribution in [0.15, 0.2) is 72.8 Å². The number of ether oxygens (including phenoxy) is 3. The Balaban J connectivity index is 2.02. The molecule has 0 aliphatic rings. The van der Waals surface area contributed by atoms with Gasteiger partial charge in [0.1, 0.15) is 17.2 Å². The van der Waals surface area contributed by atoms with Crippen molar-refractivity contribution in [2.45, 2.75) is 12.3 Å². The van der Waals surface area contributed by atoms with Gasteiger partial charge in [0.2, 0.25) is 0 Å². The first-order valence-electron chi connectivity index (χ1n) is 9.10. The molecule has 0 aromatic heterocycles. The van der Waals surface area contributed by atoms with Gasteiger partial charge in [-0.05, 0) is 42.3 Å². The lowest BCUT2D eigenvalue weighted by Gasteiger charge is -2.20. The Hall–Kier alpha value is -3.27. The summed E-state index contributed by atoms with van der Waals surface area (Å²) >= 11 is 0. The number of carbonyl (C=O) groups excluding carboxylic acids is 1. The number of carbonyl (C=O) groups is 1. The fourth-order valence-electron chi connectivity index (χ4n) is 3.26. The number of hydrogen-bond acceptors (Lipinski definition) is 4. The van der Waals surface area contributed by atoms with Crippen LogP contribution in [0.1, 0.15) is 27.4 Å². The summed E-state index contributed by atoms with van der Waals surface area (Å²) in [6, 6.07) is 22.8. The van der Waals surface area contributed by atoms with Gasteiger partial charge >= 0.3 is 0 Å². The van der Waals surface area contributed by atoms with Crippen molar-refractivity contribution >= 4 is 5.78 Å². The van der Waals surface area contributed by atoms with Crippen molar-refractivity contribution in [3.63, 3.8) is 0 Å². The van der Waals surface area contributed by atoms with Crippen LogP contribution in [0.3, 0.4) is 0 Å². The molecule has 0 heterocycles. The molecule has 0 saturated carbocycles. The summed E-state index contributed by atoms with van der Waals surface area (Å²) in [4.78, 5) is 13.4. The van der Waals surface area contributed by atoms with Crippen molar-refractivity contribution in [1.82, 2.24) is 0 Å². The van der Waals surface area contributed by atoms with Crippen LogP contribution in [-0.2, 0) is 6.42 Å². The lowest BCUT2D eigenvalue weighted by atomic mass is 9.85. The van der Waals surface area contributed by atoms with Gasteiger partial charge in [0.05, 0.1) is 27.2 Å². The molecule has 4 nitrogen and oxygen atoms in total. The number of ketones is 1. The summed E-state index contributed by atoms with van der Waals surface area (Å²) in [6.07, 6.45) is 0.578. The minimum Gasteiger partial charge on any atom is -0.497 e. The van der Waals surface area contributed by atoms with Gasteiger partial charge in [-0.2, -0.15) is 0 Å². The molecule has 0 amide bonds. The molecule has 0 bridgehead atoms. The maximum absolute atomic E-state index is 13.4. The van der Waals surface area contributed by atoms with E-state index in [1.165, 1.54) is 0 Å². The van der Waals surface area contributed by atoms with E-state index < -0.39 is 0 Å². The van der Waals surface area contributed by atoms with Gasteiger partial charge in [0.15, 0.2) is 5.78 Å². The molecule has 3 aromatic rings. The average molecular weight is 376 g/mol. The second kappa shape index (κ2) is 9.09. The third-order valence-corrected chi connectivity index (χ3v) is 4.79. The Kier molecular flexibility index (Phi) is 6.33. The Morgan fingerprint density at radius 3 is 2.04 bits per heavy atom. The van der Waals surface area contributed by atoms with Crippen molar-refractivity contribution in [1.29, 1.82) is 0 Å². The SMILES string of the molecule is COc1ccc(C(=O)C(Cc2ccccc2)c2ccc(OC)cc2OC)cc1. The Morgan fingerprint density at radius 2 is 1.43 bits per heavy atom. The summed E-state index contributed by atoms with van der Waals surface area (Å²) in [6.45, 7) is 0. The minimum atomic E-state index is -0.378. The summed E-state index contributed by atoms with van der Waals surface area (Å²) < 4.78 is 16.1. The largest absolute Gasteiger partial charge is 0.497 e. The van der Waals surface area contributed by atoms with Crippen molar-refractivity contribution in [3.8, 4) is 17.2 Å². The molecular formula is C24H24O4. The van der Waals surface area contributed by atoms with Gasteiger partial charge in [-0.3, -0.25) is 4.79 Å².